The molecule has 1 aromatic heterocycles. The molecule has 3 N–H and O–H groups in total. The number of aromatic nitrogens is 2. The Balaban J connectivity index is 1.92. The van der Waals surface area contributed by atoms with E-state index in [1.54, 1.807) is 6.20 Å². The normalized spacial score (nSPS) is 24.6. The maximum atomic E-state index is 11.3. The zero-order chi connectivity index (χ0) is 11.4. The molecule has 0 radical (unpaired) electrons. The lowest BCUT2D eigenvalue weighted by atomic mass is 9.97. The van der Waals surface area contributed by atoms with Gasteiger partial charge in [0, 0.05) is 25.5 Å². The van der Waals surface area contributed by atoms with Gasteiger partial charge >= 0.3 is 0 Å². The van der Waals surface area contributed by atoms with E-state index in [0.717, 1.165) is 19.3 Å². The molecule has 2 atom stereocenters. The highest BCUT2D eigenvalue weighted by molar-refractivity contribution is 5.30. The number of hydrogen-bond donors (Lipinski definition) is 3. The fourth-order valence-corrected chi connectivity index (χ4v) is 2.33. The Kier molecular flexibility index (Phi) is 3.56. The highest BCUT2D eigenvalue weighted by Gasteiger charge is 2.26. The quantitative estimate of drug-likeness (QED) is 0.698. The van der Waals surface area contributed by atoms with Crippen molar-refractivity contribution in [1.29, 1.82) is 0 Å². The number of nitrogens with zero attached hydrogens (tertiary/aromatic N) is 1. The van der Waals surface area contributed by atoms with Crippen LogP contribution in [0, 0.1) is 11.8 Å². The molecule has 1 saturated carbocycles. The summed E-state index contributed by atoms with van der Waals surface area (Å²) in [5.74, 6) is 1.19. The van der Waals surface area contributed by atoms with Gasteiger partial charge in [0.1, 0.15) is 0 Å². The summed E-state index contributed by atoms with van der Waals surface area (Å²) in [6.07, 6.45) is 6.43. The van der Waals surface area contributed by atoms with Crippen molar-refractivity contribution in [3.05, 3.63) is 22.7 Å². The Bertz CT molecular complexity index is 391. The fourth-order valence-electron chi connectivity index (χ4n) is 2.33. The van der Waals surface area contributed by atoms with E-state index in [0.29, 0.717) is 24.2 Å². The van der Waals surface area contributed by atoms with Crippen molar-refractivity contribution >= 4 is 5.82 Å². The average molecular weight is 223 g/mol. The summed E-state index contributed by atoms with van der Waals surface area (Å²) in [5.41, 5.74) is -0.193. The Labute approximate surface area is 93.9 Å². The smallest absolute Gasteiger partial charge is 0.290 e. The topological polar surface area (TPSA) is 78.0 Å². The van der Waals surface area contributed by atoms with Crippen LogP contribution in [0.25, 0.3) is 0 Å². The van der Waals surface area contributed by atoms with Gasteiger partial charge in [-0.15, -0.1) is 0 Å². The summed E-state index contributed by atoms with van der Waals surface area (Å²) in [5, 5.41) is 12.2. The summed E-state index contributed by atoms with van der Waals surface area (Å²) in [7, 11) is 0. The van der Waals surface area contributed by atoms with Crippen LogP contribution < -0.4 is 10.9 Å². The molecule has 16 heavy (non-hydrogen) atoms. The van der Waals surface area contributed by atoms with Gasteiger partial charge < -0.3 is 15.4 Å². The summed E-state index contributed by atoms with van der Waals surface area (Å²) < 4.78 is 0. The van der Waals surface area contributed by atoms with Gasteiger partial charge in [0.05, 0.1) is 0 Å². The molecule has 0 aromatic carbocycles. The number of aromatic amines is 1. The standard InChI is InChI=1S/C11H17N3O2/c15-7-9-3-1-2-8(9)6-14-10-11(16)13-5-4-12-10/h4-5,8-9,15H,1-3,6-7H2,(H,12,14)(H,13,16). The largest absolute Gasteiger partial charge is 0.396 e. The molecule has 1 heterocycles. The van der Waals surface area contributed by atoms with E-state index in [9.17, 15) is 9.90 Å². The van der Waals surface area contributed by atoms with Crippen LogP contribution in [0.4, 0.5) is 5.82 Å². The third-order valence-corrected chi connectivity index (χ3v) is 3.29. The van der Waals surface area contributed by atoms with Crippen LogP contribution in [0.2, 0.25) is 0 Å². The molecule has 2 rings (SSSR count). The molecule has 1 aliphatic rings. The number of aliphatic hydroxyl groups is 1. The minimum Gasteiger partial charge on any atom is -0.396 e. The Hall–Kier alpha value is -1.36. The number of hydrogen-bond acceptors (Lipinski definition) is 4. The third-order valence-electron chi connectivity index (χ3n) is 3.29. The van der Waals surface area contributed by atoms with Crippen molar-refractivity contribution in [3.63, 3.8) is 0 Å². The van der Waals surface area contributed by atoms with Crippen LogP contribution in [0.15, 0.2) is 17.2 Å². The first-order valence-electron chi connectivity index (χ1n) is 5.69. The molecule has 2 unspecified atom stereocenters. The van der Waals surface area contributed by atoms with Crippen molar-refractivity contribution in [2.45, 2.75) is 19.3 Å². The van der Waals surface area contributed by atoms with Crippen LogP contribution in [-0.2, 0) is 0 Å². The highest BCUT2D eigenvalue weighted by Crippen LogP contribution is 2.30. The van der Waals surface area contributed by atoms with Crippen LogP contribution in [0.5, 0.6) is 0 Å². The van der Waals surface area contributed by atoms with Crippen molar-refractivity contribution in [3.8, 4) is 0 Å². The molecule has 5 heteroatoms. The lowest BCUT2D eigenvalue weighted by Gasteiger charge is -2.17. The van der Waals surface area contributed by atoms with E-state index in [2.05, 4.69) is 15.3 Å². The first kappa shape index (κ1) is 11.1. The maximum absolute atomic E-state index is 11.3. The number of rotatable bonds is 4. The Morgan fingerprint density at radius 1 is 1.50 bits per heavy atom. The second kappa shape index (κ2) is 5.12. The van der Waals surface area contributed by atoms with E-state index in [4.69, 9.17) is 0 Å². The monoisotopic (exact) mass is 223 g/mol. The Morgan fingerprint density at radius 2 is 2.31 bits per heavy atom. The molecule has 0 amide bonds. The second-order valence-corrected chi connectivity index (χ2v) is 4.28. The number of H-pyrrole nitrogens is 1. The van der Waals surface area contributed by atoms with Gasteiger partial charge in [0.2, 0.25) is 0 Å². The van der Waals surface area contributed by atoms with E-state index >= 15 is 0 Å². The average Bonchev–Trinajstić information content (AvgIpc) is 2.75. The van der Waals surface area contributed by atoms with Gasteiger partial charge in [-0.05, 0) is 24.7 Å². The SMILES string of the molecule is O=c1[nH]ccnc1NCC1CCCC1CO. The molecule has 0 aliphatic heterocycles. The zero-order valence-corrected chi connectivity index (χ0v) is 9.15. The third kappa shape index (κ3) is 2.41. The lowest BCUT2D eigenvalue weighted by Crippen LogP contribution is -2.24. The predicted molar refractivity (Wildman–Crippen MR) is 61.3 cm³/mol. The zero-order valence-electron chi connectivity index (χ0n) is 9.15. The lowest BCUT2D eigenvalue weighted by molar-refractivity contribution is 0.199. The van der Waals surface area contributed by atoms with Crippen molar-refractivity contribution < 1.29 is 5.11 Å². The summed E-state index contributed by atoms with van der Waals surface area (Å²) >= 11 is 0. The van der Waals surface area contributed by atoms with Gasteiger partial charge in [0.15, 0.2) is 5.82 Å². The first-order chi connectivity index (χ1) is 7.81. The molecule has 0 saturated heterocycles. The summed E-state index contributed by atoms with van der Waals surface area (Å²) in [6, 6.07) is 0. The molecule has 5 nitrogen and oxygen atoms in total. The molecule has 0 bridgehead atoms. The minimum atomic E-state index is -0.193. The molecular weight excluding hydrogens is 206 g/mol. The van der Waals surface area contributed by atoms with Gasteiger partial charge in [0.25, 0.3) is 5.56 Å². The molecular formula is C11H17N3O2. The van der Waals surface area contributed by atoms with Gasteiger partial charge in [-0.1, -0.05) is 6.42 Å². The summed E-state index contributed by atoms with van der Waals surface area (Å²) in [4.78, 5) is 17.9. The van der Waals surface area contributed by atoms with E-state index < -0.39 is 0 Å². The maximum Gasteiger partial charge on any atom is 0.290 e. The van der Waals surface area contributed by atoms with E-state index in [1.165, 1.54) is 6.20 Å². The van der Waals surface area contributed by atoms with E-state index in [1.807, 2.05) is 0 Å². The van der Waals surface area contributed by atoms with Crippen molar-refractivity contribution in [2.75, 3.05) is 18.5 Å². The Morgan fingerprint density at radius 3 is 3.06 bits per heavy atom. The first-order valence-corrected chi connectivity index (χ1v) is 5.69. The van der Waals surface area contributed by atoms with Gasteiger partial charge in [-0.3, -0.25) is 4.79 Å². The number of aliphatic hydroxyl groups excluding tert-OH is 1. The van der Waals surface area contributed by atoms with Crippen molar-refractivity contribution in [1.82, 2.24) is 9.97 Å². The highest BCUT2D eigenvalue weighted by atomic mass is 16.3. The minimum absolute atomic E-state index is 0.193. The summed E-state index contributed by atoms with van der Waals surface area (Å²) in [6.45, 7) is 0.955. The van der Waals surface area contributed by atoms with Crippen LogP contribution >= 0.6 is 0 Å². The molecule has 1 fully saturated rings. The van der Waals surface area contributed by atoms with Crippen LogP contribution in [-0.4, -0.2) is 28.2 Å². The molecule has 1 aromatic rings. The van der Waals surface area contributed by atoms with Gasteiger partial charge in [-0.2, -0.15) is 0 Å². The van der Waals surface area contributed by atoms with Gasteiger partial charge in [-0.25, -0.2) is 4.98 Å². The molecule has 1 aliphatic carbocycles. The molecule has 88 valence electrons. The predicted octanol–water partition coefficient (Wildman–Crippen LogP) is 0.590. The fraction of sp³-hybridized carbons (Fsp3) is 0.636. The number of nitrogens with one attached hydrogen (secondary N) is 2. The van der Waals surface area contributed by atoms with Crippen molar-refractivity contribution in [2.24, 2.45) is 11.8 Å². The van der Waals surface area contributed by atoms with Crippen LogP contribution in [0.3, 0.4) is 0 Å². The van der Waals surface area contributed by atoms with E-state index in [-0.39, 0.29) is 12.2 Å². The van der Waals surface area contributed by atoms with Crippen LogP contribution in [0.1, 0.15) is 19.3 Å². The molecule has 0 spiro atoms. The second-order valence-electron chi connectivity index (χ2n) is 4.28. The number of anilines is 1.